The largest absolute Gasteiger partial charge is 0.454 e. The molecule has 5 rings (SSSR count). The third-order valence-electron chi connectivity index (χ3n) is 7.95. The molecule has 0 spiro atoms. The molecule has 2 aromatic rings. The van der Waals surface area contributed by atoms with Crippen molar-refractivity contribution in [2.45, 2.75) is 45.6 Å². The van der Waals surface area contributed by atoms with Crippen LogP contribution in [0.5, 0.6) is 0 Å². The number of hydrogen-bond acceptors (Lipinski definition) is 5. The Morgan fingerprint density at radius 2 is 1.63 bits per heavy atom. The highest BCUT2D eigenvalue weighted by molar-refractivity contribution is 6.08. The Morgan fingerprint density at radius 1 is 0.971 bits per heavy atom. The number of ether oxygens (including phenoxy) is 1. The number of carbonyl (C=O) groups is 4. The van der Waals surface area contributed by atoms with Crippen LogP contribution in [-0.4, -0.2) is 41.2 Å². The van der Waals surface area contributed by atoms with Gasteiger partial charge in [0.15, 0.2) is 6.61 Å². The maximum atomic E-state index is 13.4. The van der Waals surface area contributed by atoms with Crippen molar-refractivity contribution in [2.24, 2.45) is 23.7 Å². The molecule has 3 fully saturated rings. The van der Waals surface area contributed by atoms with E-state index >= 15 is 0 Å². The smallest absolute Gasteiger partial charge is 0.330 e. The van der Waals surface area contributed by atoms with E-state index in [9.17, 15) is 19.2 Å². The molecule has 1 aliphatic heterocycles. The number of likely N-dealkylation sites (tertiary alicyclic amines) is 1. The highest BCUT2D eigenvalue weighted by Gasteiger charge is 2.62. The van der Waals surface area contributed by atoms with E-state index in [1.807, 2.05) is 56.3 Å². The third-order valence-corrected chi connectivity index (χ3v) is 7.95. The summed E-state index contributed by atoms with van der Waals surface area (Å²) in [7, 11) is 0. The molecule has 5 atom stereocenters. The van der Waals surface area contributed by atoms with E-state index in [1.54, 1.807) is 6.07 Å². The molecule has 2 bridgehead atoms. The minimum atomic E-state index is -1.09. The lowest BCUT2D eigenvalue weighted by Gasteiger charge is -2.26. The Morgan fingerprint density at radius 3 is 2.26 bits per heavy atom. The Bertz CT molecular complexity index is 1150. The summed E-state index contributed by atoms with van der Waals surface area (Å²) in [6, 6.07) is 13.7. The van der Waals surface area contributed by atoms with Crippen LogP contribution < -0.4 is 5.32 Å². The van der Waals surface area contributed by atoms with Crippen LogP contribution in [0.1, 0.15) is 36.0 Å². The van der Waals surface area contributed by atoms with E-state index in [2.05, 4.69) is 5.32 Å². The minimum absolute atomic E-state index is 0.157. The SMILES string of the molecule is Cc1ccc(NC(=O)COC(=O)[C@H](Cc2ccccc2)N2C(=O)[C@H]3[C@H]4CC[C@@H](C4)[C@@H]3C2=O)cc1C. The highest BCUT2D eigenvalue weighted by Crippen LogP contribution is 2.56. The number of nitrogens with one attached hydrogen (secondary N) is 1. The van der Waals surface area contributed by atoms with Gasteiger partial charge in [0.2, 0.25) is 11.8 Å². The Labute approximate surface area is 204 Å². The molecular formula is C28H30N2O5. The quantitative estimate of drug-likeness (QED) is 0.490. The van der Waals surface area contributed by atoms with Gasteiger partial charge in [-0.15, -0.1) is 0 Å². The van der Waals surface area contributed by atoms with Gasteiger partial charge in [-0.2, -0.15) is 0 Å². The fourth-order valence-electron chi connectivity index (χ4n) is 6.11. The second kappa shape index (κ2) is 9.29. The minimum Gasteiger partial charge on any atom is -0.454 e. The molecule has 1 heterocycles. The van der Waals surface area contributed by atoms with Gasteiger partial charge in [0.1, 0.15) is 6.04 Å². The van der Waals surface area contributed by atoms with Gasteiger partial charge in [-0.25, -0.2) is 4.79 Å². The lowest BCUT2D eigenvalue weighted by Crippen LogP contribution is -2.48. The molecule has 7 nitrogen and oxygen atoms in total. The van der Waals surface area contributed by atoms with Crippen LogP contribution >= 0.6 is 0 Å². The number of rotatable bonds is 7. The topological polar surface area (TPSA) is 92.8 Å². The first-order valence-electron chi connectivity index (χ1n) is 12.3. The van der Waals surface area contributed by atoms with Gasteiger partial charge in [0, 0.05) is 12.1 Å². The Kier molecular flexibility index (Phi) is 6.17. The van der Waals surface area contributed by atoms with Crippen molar-refractivity contribution in [3.05, 3.63) is 65.2 Å². The first-order valence-corrected chi connectivity index (χ1v) is 12.3. The molecule has 1 saturated heterocycles. The summed E-state index contributed by atoms with van der Waals surface area (Å²) in [5.74, 6) is -1.92. The van der Waals surface area contributed by atoms with Gasteiger partial charge < -0.3 is 10.1 Å². The van der Waals surface area contributed by atoms with E-state index in [0.717, 1.165) is 40.9 Å². The molecular weight excluding hydrogens is 444 g/mol. The molecule has 0 aromatic heterocycles. The van der Waals surface area contributed by atoms with Gasteiger partial charge >= 0.3 is 5.97 Å². The first-order chi connectivity index (χ1) is 16.8. The standard InChI is InChI=1S/C28H30N2O5/c1-16-8-11-21(12-17(16)2)29-23(31)15-35-28(34)22(13-18-6-4-3-5-7-18)30-26(32)24-19-9-10-20(14-19)25(24)27(30)33/h3-8,11-12,19-20,22,24-25H,9-10,13-15H2,1-2H3,(H,29,31)/t19-,20-,22-,24-,25-/m0/s1. The summed E-state index contributed by atoms with van der Waals surface area (Å²) in [5.41, 5.74) is 3.57. The van der Waals surface area contributed by atoms with E-state index in [-0.39, 0.29) is 41.9 Å². The zero-order valence-corrected chi connectivity index (χ0v) is 20.0. The number of aryl methyl sites for hydroxylation is 2. The second-order valence-electron chi connectivity index (χ2n) is 10.1. The number of nitrogens with zero attached hydrogens (tertiary/aromatic N) is 1. The van der Waals surface area contributed by atoms with Crippen molar-refractivity contribution in [1.82, 2.24) is 4.90 Å². The lowest BCUT2D eigenvalue weighted by atomic mass is 9.81. The van der Waals surface area contributed by atoms with Crippen LogP contribution in [-0.2, 0) is 30.3 Å². The number of esters is 1. The van der Waals surface area contributed by atoms with E-state index < -0.39 is 24.5 Å². The van der Waals surface area contributed by atoms with Crippen LogP contribution in [0.4, 0.5) is 5.69 Å². The molecule has 0 radical (unpaired) electrons. The average molecular weight is 475 g/mol. The molecule has 0 unspecified atom stereocenters. The van der Waals surface area contributed by atoms with E-state index in [4.69, 9.17) is 4.74 Å². The number of benzene rings is 2. The summed E-state index contributed by atoms with van der Waals surface area (Å²) in [5, 5.41) is 2.73. The van der Waals surface area contributed by atoms with Crippen molar-refractivity contribution in [2.75, 3.05) is 11.9 Å². The number of anilines is 1. The van der Waals surface area contributed by atoms with Crippen LogP contribution in [0.25, 0.3) is 0 Å². The number of imide groups is 1. The third kappa shape index (κ3) is 4.35. The van der Waals surface area contributed by atoms with Crippen LogP contribution in [0.3, 0.4) is 0 Å². The normalized spacial score (nSPS) is 25.5. The van der Waals surface area contributed by atoms with Gasteiger partial charge in [-0.05, 0) is 73.8 Å². The fourth-order valence-corrected chi connectivity index (χ4v) is 6.11. The van der Waals surface area contributed by atoms with Gasteiger partial charge in [-0.3, -0.25) is 19.3 Å². The van der Waals surface area contributed by atoms with E-state index in [0.29, 0.717) is 5.69 Å². The van der Waals surface area contributed by atoms with Crippen molar-refractivity contribution < 1.29 is 23.9 Å². The maximum absolute atomic E-state index is 13.4. The van der Waals surface area contributed by atoms with Crippen LogP contribution in [0.15, 0.2) is 48.5 Å². The molecule has 7 heteroatoms. The fraction of sp³-hybridized carbons (Fsp3) is 0.429. The molecule has 35 heavy (non-hydrogen) atoms. The lowest BCUT2D eigenvalue weighted by molar-refractivity contribution is -0.160. The Balaban J connectivity index is 1.31. The van der Waals surface area contributed by atoms with Crippen molar-refractivity contribution in [1.29, 1.82) is 0 Å². The monoisotopic (exact) mass is 474 g/mol. The summed E-state index contributed by atoms with van der Waals surface area (Å²) >= 11 is 0. The summed E-state index contributed by atoms with van der Waals surface area (Å²) in [6.07, 6.45) is 3.01. The highest BCUT2D eigenvalue weighted by atomic mass is 16.5. The van der Waals surface area contributed by atoms with Gasteiger partial charge in [0.25, 0.3) is 5.91 Å². The van der Waals surface area contributed by atoms with Gasteiger partial charge in [-0.1, -0.05) is 36.4 Å². The summed E-state index contributed by atoms with van der Waals surface area (Å²) < 4.78 is 5.37. The van der Waals surface area contributed by atoms with Crippen LogP contribution in [0.2, 0.25) is 0 Å². The molecule has 2 aliphatic carbocycles. The molecule has 3 aliphatic rings. The zero-order chi connectivity index (χ0) is 24.7. The van der Waals surface area contributed by atoms with Crippen LogP contribution in [0, 0.1) is 37.5 Å². The summed E-state index contributed by atoms with van der Waals surface area (Å²) in [4.78, 5) is 53.6. The number of amides is 3. The first kappa shape index (κ1) is 23.3. The predicted molar refractivity (Wildman–Crippen MR) is 129 cm³/mol. The molecule has 3 amide bonds. The molecule has 182 valence electrons. The number of fused-ring (bicyclic) bond motifs is 5. The van der Waals surface area contributed by atoms with E-state index in [1.165, 1.54) is 0 Å². The molecule has 2 aromatic carbocycles. The predicted octanol–water partition coefficient (Wildman–Crippen LogP) is 3.43. The second-order valence-corrected chi connectivity index (χ2v) is 10.1. The summed E-state index contributed by atoms with van der Waals surface area (Å²) in [6.45, 7) is 3.44. The number of hydrogen-bond donors (Lipinski definition) is 1. The molecule has 2 saturated carbocycles. The van der Waals surface area contributed by atoms with Crippen molar-refractivity contribution in [3.8, 4) is 0 Å². The van der Waals surface area contributed by atoms with Gasteiger partial charge in [0.05, 0.1) is 11.8 Å². The molecule has 1 N–H and O–H groups in total. The Hall–Kier alpha value is -3.48. The average Bonchev–Trinajstić information content (AvgIpc) is 3.53. The van der Waals surface area contributed by atoms with Crippen molar-refractivity contribution >= 4 is 29.4 Å². The maximum Gasteiger partial charge on any atom is 0.330 e. The van der Waals surface area contributed by atoms with Crippen molar-refractivity contribution in [3.63, 3.8) is 0 Å². The zero-order valence-electron chi connectivity index (χ0n) is 20.0. The number of carbonyl (C=O) groups excluding carboxylic acids is 4.